The van der Waals surface area contributed by atoms with Gasteiger partial charge < -0.3 is 4.90 Å². The predicted molar refractivity (Wildman–Crippen MR) is 85.0 cm³/mol. The summed E-state index contributed by atoms with van der Waals surface area (Å²) in [5.74, 6) is 0. The number of halogens is 1. The number of aryl methyl sites for hydroxylation is 2. The minimum Gasteiger partial charge on any atom is -0.366 e. The number of nitrogens with zero attached hydrogens (tertiary/aromatic N) is 2. The van der Waals surface area contributed by atoms with Gasteiger partial charge in [-0.3, -0.25) is 4.90 Å². The first-order valence-electron chi connectivity index (χ1n) is 7.33. The van der Waals surface area contributed by atoms with Crippen molar-refractivity contribution in [2.75, 3.05) is 24.5 Å². The van der Waals surface area contributed by atoms with Gasteiger partial charge in [-0.2, -0.15) is 0 Å². The Bertz CT molecular complexity index is 463. The van der Waals surface area contributed by atoms with E-state index in [-0.39, 0.29) is 0 Å². The monoisotopic (exact) mass is 322 g/mol. The zero-order valence-corrected chi connectivity index (χ0v) is 13.7. The molecule has 0 spiro atoms. The fraction of sp³-hybridized carbons (Fsp3) is 0.625. The van der Waals surface area contributed by atoms with E-state index in [1.807, 2.05) is 0 Å². The molecule has 2 nitrogen and oxygen atoms in total. The molecule has 1 aromatic rings. The van der Waals surface area contributed by atoms with E-state index in [2.05, 4.69) is 58.6 Å². The number of fused-ring (bicyclic) bond motifs is 1. The molecule has 0 aliphatic carbocycles. The first-order chi connectivity index (χ1) is 9.06. The molecule has 2 aliphatic rings. The number of hydrogen-bond acceptors (Lipinski definition) is 2. The first kappa shape index (κ1) is 13.4. The molecule has 2 unspecified atom stereocenters. The third kappa shape index (κ3) is 2.43. The quantitative estimate of drug-likeness (QED) is 0.777. The van der Waals surface area contributed by atoms with E-state index in [1.54, 1.807) is 0 Å². The zero-order valence-electron chi connectivity index (χ0n) is 12.1. The molecule has 0 aromatic heterocycles. The second kappa shape index (κ2) is 5.10. The van der Waals surface area contributed by atoms with Crippen LogP contribution in [-0.2, 0) is 0 Å². The van der Waals surface area contributed by atoms with Crippen LogP contribution in [0.3, 0.4) is 0 Å². The Kier molecular flexibility index (Phi) is 3.61. The van der Waals surface area contributed by atoms with Crippen LogP contribution >= 0.6 is 15.9 Å². The van der Waals surface area contributed by atoms with Crippen molar-refractivity contribution in [2.24, 2.45) is 0 Å². The lowest BCUT2D eigenvalue weighted by Gasteiger charge is -2.44. The molecule has 0 saturated carbocycles. The van der Waals surface area contributed by atoms with Crippen LogP contribution < -0.4 is 4.90 Å². The highest BCUT2D eigenvalue weighted by atomic mass is 79.9. The van der Waals surface area contributed by atoms with Crippen LogP contribution in [0, 0.1) is 13.8 Å². The Labute approximate surface area is 124 Å². The van der Waals surface area contributed by atoms with Gasteiger partial charge in [0.2, 0.25) is 0 Å². The molecule has 2 aliphatic heterocycles. The van der Waals surface area contributed by atoms with Crippen molar-refractivity contribution in [3.05, 3.63) is 27.7 Å². The van der Waals surface area contributed by atoms with Crippen molar-refractivity contribution in [3.8, 4) is 0 Å². The largest absolute Gasteiger partial charge is 0.366 e. The number of rotatable bonds is 1. The summed E-state index contributed by atoms with van der Waals surface area (Å²) in [5, 5.41) is 0. The van der Waals surface area contributed by atoms with Crippen molar-refractivity contribution < 1.29 is 0 Å². The summed E-state index contributed by atoms with van der Waals surface area (Å²) in [6.07, 6.45) is 2.75. The van der Waals surface area contributed by atoms with Gasteiger partial charge in [-0.05, 0) is 63.4 Å². The van der Waals surface area contributed by atoms with Gasteiger partial charge in [0, 0.05) is 35.3 Å². The van der Waals surface area contributed by atoms with Gasteiger partial charge in [-0.25, -0.2) is 0 Å². The Balaban J connectivity index is 1.89. The molecular formula is C16H23BrN2. The molecule has 1 aromatic carbocycles. The van der Waals surface area contributed by atoms with Crippen LogP contribution in [0.15, 0.2) is 16.6 Å². The van der Waals surface area contributed by atoms with E-state index in [4.69, 9.17) is 0 Å². The van der Waals surface area contributed by atoms with Crippen LogP contribution in [0.5, 0.6) is 0 Å². The van der Waals surface area contributed by atoms with Crippen LogP contribution in [-0.4, -0.2) is 36.6 Å². The van der Waals surface area contributed by atoms with Crippen LogP contribution in [0.4, 0.5) is 5.69 Å². The summed E-state index contributed by atoms with van der Waals surface area (Å²) in [4.78, 5) is 5.29. The Morgan fingerprint density at radius 3 is 2.53 bits per heavy atom. The average molecular weight is 323 g/mol. The van der Waals surface area contributed by atoms with Crippen molar-refractivity contribution in [2.45, 2.75) is 45.7 Å². The molecule has 2 saturated heterocycles. The van der Waals surface area contributed by atoms with Gasteiger partial charge in [0.1, 0.15) is 0 Å². The van der Waals surface area contributed by atoms with Crippen molar-refractivity contribution in [1.82, 2.24) is 4.90 Å². The molecule has 0 radical (unpaired) electrons. The molecule has 19 heavy (non-hydrogen) atoms. The van der Waals surface area contributed by atoms with Gasteiger partial charge in [-0.15, -0.1) is 0 Å². The second-order valence-electron chi connectivity index (χ2n) is 6.19. The van der Waals surface area contributed by atoms with Gasteiger partial charge in [0.05, 0.1) is 0 Å². The van der Waals surface area contributed by atoms with E-state index >= 15 is 0 Å². The Morgan fingerprint density at radius 2 is 1.84 bits per heavy atom. The Morgan fingerprint density at radius 1 is 1.16 bits per heavy atom. The highest BCUT2D eigenvalue weighted by Gasteiger charge is 2.34. The molecular weight excluding hydrogens is 300 g/mol. The molecule has 2 atom stereocenters. The van der Waals surface area contributed by atoms with Gasteiger partial charge in [0.15, 0.2) is 0 Å². The third-order valence-electron chi connectivity index (χ3n) is 4.69. The minimum absolute atomic E-state index is 0.620. The van der Waals surface area contributed by atoms with Gasteiger partial charge >= 0.3 is 0 Å². The SMILES string of the molecule is Cc1cc(N2CC3CCCN3CC2C)cc(C)c1Br. The summed E-state index contributed by atoms with van der Waals surface area (Å²) in [6.45, 7) is 10.5. The van der Waals surface area contributed by atoms with E-state index in [1.165, 1.54) is 53.8 Å². The predicted octanol–water partition coefficient (Wildman–Crippen LogP) is 3.74. The third-order valence-corrected chi connectivity index (χ3v) is 5.94. The fourth-order valence-electron chi connectivity index (χ4n) is 3.64. The second-order valence-corrected chi connectivity index (χ2v) is 6.98. The number of hydrogen-bond donors (Lipinski definition) is 0. The van der Waals surface area contributed by atoms with Crippen LogP contribution in [0.1, 0.15) is 30.9 Å². The molecule has 0 N–H and O–H groups in total. The zero-order chi connectivity index (χ0) is 13.6. The summed E-state index contributed by atoms with van der Waals surface area (Å²) in [6, 6.07) is 6.06. The molecule has 2 heterocycles. The van der Waals surface area contributed by atoms with Crippen molar-refractivity contribution >= 4 is 21.6 Å². The maximum atomic E-state index is 3.67. The topological polar surface area (TPSA) is 6.48 Å². The Hall–Kier alpha value is -0.540. The van der Waals surface area contributed by atoms with Gasteiger partial charge in [-0.1, -0.05) is 15.9 Å². The lowest BCUT2D eigenvalue weighted by molar-refractivity contribution is 0.203. The molecule has 2 fully saturated rings. The molecule has 0 bridgehead atoms. The molecule has 104 valence electrons. The minimum atomic E-state index is 0.620. The summed E-state index contributed by atoms with van der Waals surface area (Å²) < 4.78 is 1.25. The molecule has 3 rings (SSSR count). The maximum absolute atomic E-state index is 3.67. The van der Waals surface area contributed by atoms with E-state index < -0.39 is 0 Å². The highest BCUT2D eigenvalue weighted by molar-refractivity contribution is 9.10. The van der Waals surface area contributed by atoms with Crippen molar-refractivity contribution in [1.29, 1.82) is 0 Å². The number of benzene rings is 1. The lowest BCUT2D eigenvalue weighted by Crippen LogP contribution is -2.55. The molecule has 3 heteroatoms. The van der Waals surface area contributed by atoms with Crippen LogP contribution in [0.25, 0.3) is 0 Å². The fourth-order valence-corrected chi connectivity index (χ4v) is 3.86. The first-order valence-corrected chi connectivity index (χ1v) is 8.13. The lowest BCUT2D eigenvalue weighted by atomic mass is 10.0. The van der Waals surface area contributed by atoms with E-state index in [0.717, 1.165) is 6.04 Å². The summed E-state index contributed by atoms with van der Waals surface area (Å²) >= 11 is 3.67. The molecule has 0 amide bonds. The smallest absolute Gasteiger partial charge is 0.0389 e. The van der Waals surface area contributed by atoms with Crippen LogP contribution in [0.2, 0.25) is 0 Å². The van der Waals surface area contributed by atoms with E-state index in [9.17, 15) is 0 Å². The van der Waals surface area contributed by atoms with E-state index in [0.29, 0.717) is 6.04 Å². The normalized spacial score (nSPS) is 27.7. The standard InChI is InChI=1S/C16H23BrN2/c1-11-7-15(8-12(2)16(11)17)19-10-14-5-4-6-18(14)9-13(19)3/h7-8,13-14H,4-6,9-10H2,1-3H3. The average Bonchev–Trinajstić information content (AvgIpc) is 2.81. The maximum Gasteiger partial charge on any atom is 0.0389 e. The number of anilines is 1. The van der Waals surface area contributed by atoms with Gasteiger partial charge in [0.25, 0.3) is 0 Å². The summed E-state index contributed by atoms with van der Waals surface area (Å²) in [7, 11) is 0. The highest BCUT2D eigenvalue weighted by Crippen LogP contribution is 2.32. The van der Waals surface area contributed by atoms with Crippen molar-refractivity contribution in [3.63, 3.8) is 0 Å². The summed E-state index contributed by atoms with van der Waals surface area (Å²) in [5.41, 5.74) is 4.09. The number of piperazine rings is 1.